The van der Waals surface area contributed by atoms with Gasteiger partial charge in [0.15, 0.2) is 0 Å². The lowest BCUT2D eigenvalue weighted by Gasteiger charge is -2.26. The maximum absolute atomic E-state index is 10.8. The number of amides is 1. The van der Waals surface area contributed by atoms with Crippen molar-refractivity contribution in [3.05, 3.63) is 53.1 Å². The first-order valence-corrected chi connectivity index (χ1v) is 7.03. The quantitative estimate of drug-likeness (QED) is 0.878. The van der Waals surface area contributed by atoms with Crippen molar-refractivity contribution in [3.8, 4) is 16.9 Å². The first-order chi connectivity index (χ1) is 10.1. The molecule has 2 aromatic rings. The van der Waals surface area contributed by atoms with E-state index in [-0.39, 0.29) is 6.04 Å². The van der Waals surface area contributed by atoms with E-state index in [9.17, 15) is 4.79 Å². The van der Waals surface area contributed by atoms with Gasteiger partial charge in [0.05, 0.1) is 12.6 Å². The molecule has 2 aromatic carbocycles. The molecule has 1 aliphatic heterocycles. The Morgan fingerprint density at radius 1 is 1.24 bits per heavy atom. The Labute approximate surface area is 127 Å². The van der Waals surface area contributed by atoms with Crippen LogP contribution in [0.25, 0.3) is 11.1 Å². The number of hydrogen-bond acceptors (Lipinski definition) is 2. The van der Waals surface area contributed by atoms with Crippen LogP contribution in [0.3, 0.4) is 0 Å². The van der Waals surface area contributed by atoms with E-state index in [0.717, 1.165) is 22.4 Å². The van der Waals surface area contributed by atoms with Gasteiger partial charge in [0, 0.05) is 17.0 Å². The van der Waals surface area contributed by atoms with Crippen LogP contribution >= 0.6 is 11.6 Å². The number of halogens is 1. The molecule has 5 heteroatoms. The second-order valence-electron chi connectivity index (χ2n) is 4.90. The fraction of sp³-hybridized carbons (Fsp3) is 0.188. The fourth-order valence-electron chi connectivity index (χ4n) is 2.54. The van der Waals surface area contributed by atoms with Crippen molar-refractivity contribution in [2.45, 2.75) is 12.5 Å². The number of fused-ring (bicyclic) bond motifs is 1. The number of nitrogens with one attached hydrogen (secondary N) is 1. The van der Waals surface area contributed by atoms with Gasteiger partial charge in [-0.3, -0.25) is 0 Å². The first kappa shape index (κ1) is 13.8. The van der Waals surface area contributed by atoms with Crippen molar-refractivity contribution in [3.63, 3.8) is 0 Å². The third-order valence-electron chi connectivity index (χ3n) is 3.51. The standard InChI is InChI=1S/C16H14ClNO3/c17-12-3-1-2-10(8-12)11-4-5-13-14(18-16(19)20)6-7-21-15(13)9-11/h1-5,8-9,14,18H,6-7H2,(H,19,20). The lowest BCUT2D eigenvalue weighted by Crippen LogP contribution is -2.30. The van der Waals surface area contributed by atoms with Crippen LogP contribution in [0.2, 0.25) is 5.02 Å². The normalized spacial score (nSPS) is 16.7. The van der Waals surface area contributed by atoms with E-state index < -0.39 is 6.09 Å². The molecule has 4 nitrogen and oxygen atoms in total. The van der Waals surface area contributed by atoms with Gasteiger partial charge in [0.2, 0.25) is 0 Å². The highest BCUT2D eigenvalue weighted by molar-refractivity contribution is 6.30. The molecule has 21 heavy (non-hydrogen) atoms. The molecule has 0 fully saturated rings. The van der Waals surface area contributed by atoms with Gasteiger partial charge >= 0.3 is 6.09 Å². The summed E-state index contributed by atoms with van der Waals surface area (Å²) >= 11 is 6.01. The SMILES string of the molecule is O=C(O)NC1CCOc2cc(-c3cccc(Cl)c3)ccc21. The van der Waals surface area contributed by atoms with Crippen LogP contribution in [-0.2, 0) is 0 Å². The molecule has 3 rings (SSSR count). The molecule has 2 N–H and O–H groups in total. The number of ether oxygens (including phenoxy) is 1. The average molecular weight is 304 g/mol. The van der Waals surface area contributed by atoms with E-state index in [4.69, 9.17) is 21.4 Å². The van der Waals surface area contributed by atoms with E-state index in [0.29, 0.717) is 18.1 Å². The minimum Gasteiger partial charge on any atom is -0.493 e. The Morgan fingerprint density at radius 3 is 2.81 bits per heavy atom. The molecule has 1 unspecified atom stereocenters. The van der Waals surface area contributed by atoms with E-state index >= 15 is 0 Å². The van der Waals surface area contributed by atoms with Crippen LogP contribution < -0.4 is 10.1 Å². The Bertz CT molecular complexity index is 687. The summed E-state index contributed by atoms with van der Waals surface area (Å²) in [6, 6.07) is 13.2. The number of carbonyl (C=O) groups is 1. The first-order valence-electron chi connectivity index (χ1n) is 6.65. The Kier molecular flexibility index (Phi) is 3.71. The molecule has 0 spiro atoms. The van der Waals surface area contributed by atoms with Gasteiger partial charge in [-0.15, -0.1) is 0 Å². The molecule has 1 heterocycles. The Hall–Kier alpha value is -2.20. The van der Waals surface area contributed by atoms with Gasteiger partial charge in [-0.1, -0.05) is 35.9 Å². The van der Waals surface area contributed by atoms with Gasteiger partial charge in [-0.25, -0.2) is 4.79 Å². The van der Waals surface area contributed by atoms with Gasteiger partial charge in [-0.2, -0.15) is 0 Å². The summed E-state index contributed by atoms with van der Waals surface area (Å²) < 4.78 is 5.66. The predicted molar refractivity (Wildman–Crippen MR) is 80.9 cm³/mol. The van der Waals surface area contributed by atoms with Crippen LogP contribution in [0.1, 0.15) is 18.0 Å². The molecule has 0 aromatic heterocycles. The van der Waals surface area contributed by atoms with E-state index in [1.165, 1.54) is 0 Å². The number of carboxylic acid groups (broad SMARTS) is 1. The molecule has 0 bridgehead atoms. The zero-order valence-corrected chi connectivity index (χ0v) is 11.9. The summed E-state index contributed by atoms with van der Waals surface area (Å²) in [6.07, 6.45) is -0.387. The van der Waals surface area contributed by atoms with Gasteiger partial charge in [0.1, 0.15) is 5.75 Å². The Morgan fingerprint density at radius 2 is 2.05 bits per heavy atom. The van der Waals surface area contributed by atoms with Crippen LogP contribution in [-0.4, -0.2) is 17.8 Å². The number of hydrogen-bond donors (Lipinski definition) is 2. The molecular formula is C16H14ClNO3. The summed E-state index contributed by atoms with van der Waals surface area (Å²) in [7, 11) is 0. The van der Waals surface area contributed by atoms with Crippen molar-refractivity contribution in [1.29, 1.82) is 0 Å². The van der Waals surface area contributed by atoms with E-state index in [1.54, 1.807) is 0 Å². The Balaban J connectivity index is 1.96. The van der Waals surface area contributed by atoms with Crippen molar-refractivity contribution in [1.82, 2.24) is 5.32 Å². The van der Waals surface area contributed by atoms with Crippen molar-refractivity contribution < 1.29 is 14.6 Å². The van der Waals surface area contributed by atoms with Crippen LogP contribution in [0.4, 0.5) is 4.79 Å². The van der Waals surface area contributed by atoms with Crippen LogP contribution in [0.5, 0.6) is 5.75 Å². The molecule has 1 atom stereocenters. The summed E-state index contributed by atoms with van der Waals surface area (Å²) in [5, 5.41) is 12.1. The van der Waals surface area contributed by atoms with Crippen LogP contribution in [0.15, 0.2) is 42.5 Å². The highest BCUT2D eigenvalue weighted by Crippen LogP contribution is 2.35. The second kappa shape index (κ2) is 5.66. The monoisotopic (exact) mass is 303 g/mol. The smallest absolute Gasteiger partial charge is 0.405 e. The van der Waals surface area contributed by atoms with Gasteiger partial charge in [0.25, 0.3) is 0 Å². The molecule has 0 radical (unpaired) electrons. The maximum Gasteiger partial charge on any atom is 0.405 e. The molecule has 0 saturated heterocycles. The molecular weight excluding hydrogens is 290 g/mol. The number of rotatable bonds is 2. The number of benzene rings is 2. The fourth-order valence-corrected chi connectivity index (χ4v) is 2.73. The predicted octanol–water partition coefficient (Wildman–Crippen LogP) is 4.10. The van der Waals surface area contributed by atoms with Gasteiger partial charge in [-0.05, 0) is 29.3 Å². The molecule has 0 aliphatic carbocycles. The summed E-state index contributed by atoms with van der Waals surface area (Å²) in [5.41, 5.74) is 2.86. The molecule has 1 amide bonds. The third-order valence-corrected chi connectivity index (χ3v) is 3.74. The van der Waals surface area contributed by atoms with Crippen molar-refractivity contribution in [2.75, 3.05) is 6.61 Å². The lowest BCUT2D eigenvalue weighted by atomic mass is 9.96. The highest BCUT2D eigenvalue weighted by atomic mass is 35.5. The molecule has 108 valence electrons. The topological polar surface area (TPSA) is 58.6 Å². The summed E-state index contributed by atoms with van der Waals surface area (Å²) in [6.45, 7) is 0.497. The maximum atomic E-state index is 10.8. The molecule has 1 aliphatic rings. The minimum absolute atomic E-state index is 0.223. The third kappa shape index (κ3) is 2.95. The summed E-state index contributed by atoms with van der Waals surface area (Å²) in [5.74, 6) is 0.720. The zero-order chi connectivity index (χ0) is 14.8. The molecule has 0 saturated carbocycles. The largest absolute Gasteiger partial charge is 0.493 e. The summed E-state index contributed by atoms with van der Waals surface area (Å²) in [4.78, 5) is 10.8. The van der Waals surface area contributed by atoms with Crippen LogP contribution in [0, 0.1) is 0 Å². The lowest BCUT2D eigenvalue weighted by molar-refractivity contribution is 0.182. The minimum atomic E-state index is -1.02. The van der Waals surface area contributed by atoms with E-state index in [1.807, 2.05) is 42.5 Å². The second-order valence-corrected chi connectivity index (χ2v) is 5.34. The highest BCUT2D eigenvalue weighted by Gasteiger charge is 2.23. The van der Waals surface area contributed by atoms with E-state index in [2.05, 4.69) is 5.32 Å². The van der Waals surface area contributed by atoms with Gasteiger partial charge < -0.3 is 15.2 Å². The van der Waals surface area contributed by atoms with Crippen molar-refractivity contribution in [2.24, 2.45) is 0 Å². The van der Waals surface area contributed by atoms with Crippen molar-refractivity contribution >= 4 is 17.7 Å². The average Bonchev–Trinajstić information content (AvgIpc) is 2.46. The zero-order valence-electron chi connectivity index (χ0n) is 11.2.